The lowest BCUT2D eigenvalue weighted by molar-refractivity contribution is -0.515. The average Bonchev–Trinajstić information content (AvgIpc) is 2.74. The quantitative estimate of drug-likeness (QED) is 0.229. The number of rotatable bonds is 10. The van der Waals surface area contributed by atoms with Gasteiger partial charge in [0.2, 0.25) is 0 Å². The van der Waals surface area contributed by atoms with Gasteiger partial charge in [0.15, 0.2) is 5.78 Å². The number of hydrogen-bond donors (Lipinski definition) is 3. The molecule has 0 aromatic carbocycles. The number of hydrogen-bond acceptors (Lipinski definition) is 7. The van der Waals surface area contributed by atoms with E-state index in [1.54, 1.807) is 19.9 Å². The highest BCUT2D eigenvalue weighted by Gasteiger charge is 2.36. The summed E-state index contributed by atoms with van der Waals surface area (Å²) in [4.78, 5) is 16.9. The minimum atomic E-state index is -0.907. The Bertz CT molecular complexity index is 526. The van der Waals surface area contributed by atoms with E-state index < -0.39 is 17.3 Å². The molecule has 27 heavy (non-hydrogen) atoms. The number of aliphatic hydroxyl groups excluding tert-OH is 2. The first-order valence-corrected chi connectivity index (χ1v) is 9.46. The third kappa shape index (κ3) is 8.21. The highest BCUT2D eigenvalue weighted by molar-refractivity contribution is 5.91. The summed E-state index contributed by atoms with van der Waals surface area (Å²) in [5, 5.41) is 31.5. The van der Waals surface area contributed by atoms with E-state index >= 15 is 0 Å². The third-order valence-corrected chi connectivity index (χ3v) is 5.11. The molecule has 1 saturated heterocycles. The predicted molar refractivity (Wildman–Crippen MR) is 101 cm³/mol. The topological polar surface area (TPSA) is 105 Å². The highest BCUT2D eigenvalue weighted by atomic mass is 17.5. The largest absolute Gasteiger partial charge is 0.392 e. The van der Waals surface area contributed by atoms with Gasteiger partial charge in [-0.1, -0.05) is 18.0 Å². The van der Waals surface area contributed by atoms with E-state index in [0.717, 1.165) is 12.0 Å². The first-order valence-electron chi connectivity index (χ1n) is 9.46. The van der Waals surface area contributed by atoms with E-state index in [-0.39, 0.29) is 18.3 Å². The summed E-state index contributed by atoms with van der Waals surface area (Å²) in [6.45, 7) is 7.46. The summed E-state index contributed by atoms with van der Waals surface area (Å²) in [5.74, 6) is -0.214. The number of aliphatic hydroxyl groups is 2. The molecule has 1 unspecified atom stereocenters. The van der Waals surface area contributed by atoms with Crippen LogP contribution in [0.5, 0.6) is 0 Å². The van der Waals surface area contributed by atoms with Gasteiger partial charge in [-0.3, -0.25) is 4.79 Å². The van der Waals surface area contributed by atoms with E-state index in [9.17, 15) is 9.90 Å². The molecule has 156 valence electrons. The molecule has 0 aromatic heterocycles. The SMILES string of the molecule is CC(CCC[C@]1(C)OCC(=CCO)CC[C@H]1O)C(=O)C=CC(C)(C)OOO. The molecule has 0 saturated carbocycles. The second kappa shape index (κ2) is 11.0. The van der Waals surface area contributed by atoms with Crippen molar-refractivity contribution in [3.05, 3.63) is 23.8 Å². The minimum absolute atomic E-state index is 0.0229. The second-order valence-corrected chi connectivity index (χ2v) is 7.99. The maximum atomic E-state index is 12.2. The molecule has 0 spiro atoms. The van der Waals surface area contributed by atoms with Gasteiger partial charge in [-0.15, -0.1) is 0 Å². The minimum Gasteiger partial charge on any atom is -0.392 e. The van der Waals surface area contributed by atoms with Crippen LogP contribution in [0.25, 0.3) is 0 Å². The summed E-state index contributed by atoms with van der Waals surface area (Å²) in [6, 6.07) is 0. The van der Waals surface area contributed by atoms with Gasteiger partial charge in [-0.25, -0.2) is 5.26 Å². The van der Waals surface area contributed by atoms with Gasteiger partial charge in [0.1, 0.15) is 5.60 Å². The smallest absolute Gasteiger partial charge is 0.158 e. The van der Waals surface area contributed by atoms with Crippen LogP contribution in [0.2, 0.25) is 0 Å². The number of ketones is 1. The van der Waals surface area contributed by atoms with Crippen molar-refractivity contribution in [2.45, 2.75) is 77.1 Å². The molecule has 0 radical (unpaired) electrons. The average molecular weight is 386 g/mol. The lowest BCUT2D eigenvalue weighted by atomic mass is 9.87. The molecule has 3 atom stereocenters. The number of carbonyl (C=O) groups excluding carboxylic acids is 1. The Morgan fingerprint density at radius 1 is 1.48 bits per heavy atom. The Labute approximate surface area is 161 Å². The Balaban J connectivity index is 2.51. The molecule has 7 nitrogen and oxygen atoms in total. The van der Waals surface area contributed by atoms with E-state index in [4.69, 9.17) is 15.1 Å². The van der Waals surface area contributed by atoms with Gasteiger partial charge in [-0.2, -0.15) is 4.89 Å². The van der Waals surface area contributed by atoms with Crippen LogP contribution >= 0.6 is 0 Å². The van der Waals surface area contributed by atoms with E-state index in [2.05, 4.69) is 9.93 Å². The van der Waals surface area contributed by atoms with Crippen molar-refractivity contribution >= 4 is 5.78 Å². The van der Waals surface area contributed by atoms with Crippen LogP contribution in [0.3, 0.4) is 0 Å². The molecule has 0 aromatic rings. The van der Waals surface area contributed by atoms with Crippen molar-refractivity contribution in [2.24, 2.45) is 5.92 Å². The molecule has 1 fully saturated rings. The van der Waals surface area contributed by atoms with E-state index in [1.807, 2.05) is 13.8 Å². The van der Waals surface area contributed by atoms with Gasteiger partial charge in [0, 0.05) is 5.92 Å². The summed E-state index contributed by atoms with van der Waals surface area (Å²) in [5.41, 5.74) is -0.557. The molecule has 0 amide bonds. The summed E-state index contributed by atoms with van der Waals surface area (Å²) >= 11 is 0. The Kier molecular flexibility index (Phi) is 9.80. The van der Waals surface area contributed by atoms with Crippen LogP contribution in [0, 0.1) is 5.92 Å². The lowest BCUT2D eigenvalue weighted by Crippen LogP contribution is -2.41. The van der Waals surface area contributed by atoms with Crippen LogP contribution in [0.1, 0.15) is 59.8 Å². The Hall–Kier alpha value is -1.09. The van der Waals surface area contributed by atoms with Gasteiger partial charge in [-0.05, 0) is 70.6 Å². The Morgan fingerprint density at radius 3 is 2.81 bits per heavy atom. The number of carbonyl (C=O) groups is 1. The molecule has 1 heterocycles. The van der Waals surface area contributed by atoms with E-state index in [1.165, 1.54) is 12.2 Å². The van der Waals surface area contributed by atoms with Gasteiger partial charge in [0.25, 0.3) is 0 Å². The molecule has 0 bridgehead atoms. The molecule has 7 heteroatoms. The monoisotopic (exact) mass is 386 g/mol. The zero-order valence-electron chi connectivity index (χ0n) is 16.8. The van der Waals surface area contributed by atoms with Crippen molar-refractivity contribution in [3.8, 4) is 0 Å². The van der Waals surface area contributed by atoms with Crippen LogP contribution in [-0.4, -0.2) is 51.8 Å². The normalized spacial score (nSPS) is 27.1. The third-order valence-electron chi connectivity index (χ3n) is 5.11. The number of allylic oxidation sites excluding steroid dienone is 1. The highest BCUT2D eigenvalue weighted by Crippen LogP contribution is 2.31. The second-order valence-electron chi connectivity index (χ2n) is 7.99. The van der Waals surface area contributed by atoms with Gasteiger partial charge >= 0.3 is 0 Å². The van der Waals surface area contributed by atoms with E-state index in [0.29, 0.717) is 32.3 Å². The molecular formula is C20H34O7. The number of ether oxygens (including phenoxy) is 1. The summed E-state index contributed by atoms with van der Waals surface area (Å²) < 4.78 is 5.95. The fourth-order valence-corrected chi connectivity index (χ4v) is 3.05. The van der Waals surface area contributed by atoms with Crippen LogP contribution < -0.4 is 0 Å². The molecule has 1 rings (SSSR count). The molecular weight excluding hydrogens is 352 g/mol. The first kappa shape index (κ1) is 23.9. The van der Waals surface area contributed by atoms with Crippen molar-refractivity contribution < 1.29 is 34.9 Å². The zero-order valence-corrected chi connectivity index (χ0v) is 16.8. The standard InChI is InChI=1S/C20H34O7/c1-15(17(22)9-12-19(2,3)26-27-24)6-5-11-20(4)18(23)8-7-16(10-13-21)14-25-20/h9-10,12,15,18,21,23-24H,5-8,11,13-14H2,1-4H3/t15?,18-,20+/m1/s1. The first-order chi connectivity index (χ1) is 12.6. The molecule has 1 aliphatic heterocycles. The van der Waals surface area contributed by atoms with Crippen LogP contribution in [0.15, 0.2) is 23.8 Å². The lowest BCUT2D eigenvalue weighted by Gasteiger charge is -2.33. The predicted octanol–water partition coefficient (Wildman–Crippen LogP) is 2.97. The van der Waals surface area contributed by atoms with Crippen molar-refractivity contribution in [2.75, 3.05) is 13.2 Å². The van der Waals surface area contributed by atoms with Crippen LogP contribution in [-0.2, 0) is 19.5 Å². The molecule has 3 N–H and O–H groups in total. The van der Waals surface area contributed by atoms with Gasteiger partial charge < -0.3 is 14.9 Å². The summed E-state index contributed by atoms with van der Waals surface area (Å²) in [7, 11) is 0. The van der Waals surface area contributed by atoms with Crippen molar-refractivity contribution in [1.29, 1.82) is 0 Å². The maximum Gasteiger partial charge on any atom is 0.158 e. The zero-order chi connectivity index (χ0) is 20.5. The Morgan fingerprint density at radius 2 is 2.19 bits per heavy atom. The fourth-order valence-electron chi connectivity index (χ4n) is 3.05. The summed E-state index contributed by atoms with van der Waals surface area (Å²) in [6.07, 6.45) is 7.51. The fraction of sp³-hybridized carbons (Fsp3) is 0.750. The van der Waals surface area contributed by atoms with Gasteiger partial charge in [0.05, 0.1) is 24.9 Å². The van der Waals surface area contributed by atoms with Crippen molar-refractivity contribution in [3.63, 3.8) is 0 Å². The molecule has 0 aliphatic carbocycles. The van der Waals surface area contributed by atoms with Crippen molar-refractivity contribution in [1.82, 2.24) is 0 Å². The van der Waals surface area contributed by atoms with Crippen LogP contribution in [0.4, 0.5) is 0 Å². The molecule has 1 aliphatic rings. The maximum absolute atomic E-state index is 12.2.